The molecular weight excluding hydrogens is 563 g/mol. The number of hydrogen-bond donors (Lipinski definition) is 0. The van der Waals surface area contributed by atoms with Crippen molar-refractivity contribution in [2.75, 3.05) is 0 Å². The minimum atomic E-state index is 0.911. The van der Waals surface area contributed by atoms with Crippen molar-refractivity contribution >= 4 is 37.1 Å². The number of aromatic nitrogens is 1. The van der Waals surface area contributed by atoms with E-state index in [-0.39, 0.29) is 0 Å². The lowest BCUT2D eigenvalue weighted by Crippen LogP contribution is -1.95. The fourth-order valence-electron chi connectivity index (χ4n) is 6.10. The molecule has 218 valence electrons. The summed E-state index contributed by atoms with van der Waals surface area (Å²) >= 11 is 1.86. The molecule has 0 aliphatic carbocycles. The summed E-state index contributed by atoms with van der Waals surface area (Å²) in [4.78, 5) is 5.13. The number of aryl methyl sites for hydroxylation is 1. The fraction of sp³-hybridized carbons (Fsp3) is 0.0930. The van der Waals surface area contributed by atoms with Crippen LogP contribution in [0.15, 0.2) is 146 Å². The maximum Gasteiger partial charge on any atom is 0.0715 e. The Morgan fingerprint density at radius 2 is 1.33 bits per heavy atom. The molecule has 0 N–H and O–H groups in total. The van der Waals surface area contributed by atoms with E-state index in [1.54, 1.807) is 0 Å². The molecule has 0 aliphatic rings. The average molecular weight is 598 g/mol. The summed E-state index contributed by atoms with van der Waals surface area (Å²) in [6.45, 7) is 6.45. The maximum atomic E-state index is 5.13. The Morgan fingerprint density at radius 1 is 0.622 bits per heavy atom. The third-order valence-corrected chi connectivity index (χ3v) is 9.70. The van der Waals surface area contributed by atoms with Gasteiger partial charge in [-0.1, -0.05) is 110 Å². The molecule has 0 spiro atoms. The zero-order valence-electron chi connectivity index (χ0n) is 25.9. The molecule has 0 radical (unpaired) electrons. The summed E-state index contributed by atoms with van der Waals surface area (Å²) < 4.78 is 2.67. The number of hydrogen-bond acceptors (Lipinski definition) is 2. The number of pyridine rings is 1. The summed E-state index contributed by atoms with van der Waals surface area (Å²) in [6, 6.07) is 46.4. The molecule has 1 nitrogen and oxygen atoms in total. The molecule has 0 saturated carbocycles. The van der Waals surface area contributed by atoms with Crippen LogP contribution in [0.25, 0.3) is 70.4 Å². The van der Waals surface area contributed by atoms with Crippen LogP contribution in [0.4, 0.5) is 0 Å². The van der Waals surface area contributed by atoms with Crippen LogP contribution < -0.4 is 0 Å². The van der Waals surface area contributed by atoms with Crippen molar-refractivity contribution in [1.82, 2.24) is 4.98 Å². The first-order valence-electron chi connectivity index (χ1n) is 15.6. The fourth-order valence-corrected chi connectivity index (χ4v) is 7.19. The highest BCUT2D eigenvalue weighted by molar-refractivity contribution is 7.25. The van der Waals surface area contributed by atoms with Crippen molar-refractivity contribution in [3.63, 3.8) is 0 Å². The van der Waals surface area contributed by atoms with E-state index in [4.69, 9.17) is 4.98 Å². The highest BCUT2D eigenvalue weighted by Gasteiger charge is 2.13. The Balaban J connectivity index is 1.32. The van der Waals surface area contributed by atoms with Crippen molar-refractivity contribution in [2.24, 2.45) is 0 Å². The number of fused-ring (bicyclic) bond motifs is 3. The Kier molecular flexibility index (Phi) is 7.98. The molecule has 2 aromatic heterocycles. The van der Waals surface area contributed by atoms with Gasteiger partial charge in [-0.15, -0.1) is 11.3 Å². The summed E-state index contributed by atoms with van der Waals surface area (Å²) in [5, 5.41) is 2.66. The predicted molar refractivity (Wildman–Crippen MR) is 197 cm³/mol. The molecule has 2 heteroatoms. The lowest BCUT2D eigenvalue weighted by atomic mass is 9.92. The van der Waals surface area contributed by atoms with Crippen LogP contribution in [0.5, 0.6) is 0 Å². The smallest absolute Gasteiger partial charge is 0.0715 e. The van der Waals surface area contributed by atoms with E-state index in [2.05, 4.69) is 159 Å². The molecule has 7 rings (SSSR count). The highest BCUT2D eigenvalue weighted by Crippen LogP contribution is 2.38. The molecule has 45 heavy (non-hydrogen) atoms. The zero-order valence-corrected chi connectivity index (χ0v) is 26.7. The van der Waals surface area contributed by atoms with Crippen LogP contribution >= 0.6 is 11.3 Å². The van der Waals surface area contributed by atoms with Crippen molar-refractivity contribution in [3.05, 3.63) is 157 Å². The molecule has 0 saturated heterocycles. The van der Waals surface area contributed by atoms with E-state index in [1.165, 1.54) is 64.7 Å². The molecule has 0 bridgehead atoms. The van der Waals surface area contributed by atoms with Gasteiger partial charge in [0, 0.05) is 25.7 Å². The maximum absolute atomic E-state index is 5.13. The quantitative estimate of drug-likeness (QED) is 0.167. The first-order chi connectivity index (χ1) is 22.1. The highest BCUT2D eigenvalue weighted by atomic mass is 32.1. The van der Waals surface area contributed by atoms with Crippen molar-refractivity contribution in [2.45, 2.75) is 27.2 Å². The van der Waals surface area contributed by atoms with E-state index in [0.29, 0.717) is 0 Å². The topological polar surface area (TPSA) is 12.9 Å². The normalized spacial score (nSPS) is 12.0. The first kappa shape index (κ1) is 28.7. The van der Waals surface area contributed by atoms with Crippen LogP contribution in [-0.4, -0.2) is 4.98 Å². The van der Waals surface area contributed by atoms with Gasteiger partial charge in [0.05, 0.1) is 11.4 Å². The second-order valence-corrected chi connectivity index (χ2v) is 12.6. The number of thiophene rings is 1. The predicted octanol–water partition coefficient (Wildman–Crippen LogP) is 12.8. The SMILES string of the molecule is C/C=C\C=C(/CC)c1cc(-c2ccc(C)c(-c3cccc(-c4ccc5sc6ccccc6c5c4)c3)c2)cc(-c2ccccc2)n1. The van der Waals surface area contributed by atoms with Crippen LogP contribution in [-0.2, 0) is 0 Å². The molecule has 5 aromatic carbocycles. The molecule has 0 atom stereocenters. The van der Waals surface area contributed by atoms with Gasteiger partial charge in [0.15, 0.2) is 0 Å². The minimum Gasteiger partial charge on any atom is -0.248 e. The van der Waals surface area contributed by atoms with Crippen LogP contribution in [0.3, 0.4) is 0 Å². The van der Waals surface area contributed by atoms with Crippen LogP contribution in [0.1, 0.15) is 31.5 Å². The van der Waals surface area contributed by atoms with E-state index >= 15 is 0 Å². The van der Waals surface area contributed by atoms with Crippen LogP contribution in [0.2, 0.25) is 0 Å². The van der Waals surface area contributed by atoms with Gasteiger partial charge in [-0.3, -0.25) is 0 Å². The number of benzene rings is 5. The Morgan fingerprint density at radius 3 is 2.18 bits per heavy atom. The lowest BCUT2D eigenvalue weighted by molar-refractivity contribution is 1.18. The zero-order chi connectivity index (χ0) is 30.8. The van der Waals surface area contributed by atoms with E-state index in [1.807, 2.05) is 18.3 Å². The van der Waals surface area contributed by atoms with E-state index in [9.17, 15) is 0 Å². The van der Waals surface area contributed by atoms with Gasteiger partial charge >= 0.3 is 0 Å². The molecule has 0 fully saturated rings. The summed E-state index contributed by atoms with van der Waals surface area (Å²) in [5.74, 6) is 0. The largest absolute Gasteiger partial charge is 0.248 e. The lowest BCUT2D eigenvalue weighted by Gasteiger charge is -2.14. The third-order valence-electron chi connectivity index (χ3n) is 8.55. The van der Waals surface area contributed by atoms with Crippen molar-refractivity contribution < 1.29 is 0 Å². The summed E-state index contributed by atoms with van der Waals surface area (Å²) in [7, 11) is 0. The van der Waals surface area contributed by atoms with Gasteiger partial charge in [0.1, 0.15) is 0 Å². The molecule has 0 amide bonds. The molecule has 7 aromatic rings. The van der Waals surface area contributed by atoms with Gasteiger partial charge in [0.25, 0.3) is 0 Å². The first-order valence-corrected chi connectivity index (χ1v) is 16.5. The molecule has 0 unspecified atom stereocenters. The Hall–Kier alpha value is -5.05. The number of allylic oxidation sites excluding steroid dienone is 4. The minimum absolute atomic E-state index is 0.911. The third kappa shape index (κ3) is 5.78. The van der Waals surface area contributed by atoms with Gasteiger partial charge in [0.2, 0.25) is 0 Å². The summed E-state index contributed by atoms with van der Waals surface area (Å²) in [5.41, 5.74) is 12.9. The van der Waals surface area contributed by atoms with Gasteiger partial charge < -0.3 is 0 Å². The van der Waals surface area contributed by atoms with Gasteiger partial charge in [-0.2, -0.15) is 0 Å². The Bertz CT molecular complexity index is 2220. The molecular formula is C43H35NS. The molecule has 0 aliphatic heterocycles. The standard InChI is InChI=1S/C43H35NS/c1-4-6-13-30(5-2)40-27-36(28-41(44-40)31-14-8-7-9-15-31)34-21-20-29(3)38(25-34)35-17-12-16-32(24-35)33-22-23-43-39(26-33)37-18-10-11-19-42(37)45-43/h4,6-28H,5H2,1-3H3/b6-4-,30-13+. The average Bonchev–Trinajstić information content (AvgIpc) is 3.47. The second-order valence-electron chi connectivity index (χ2n) is 11.5. The summed E-state index contributed by atoms with van der Waals surface area (Å²) in [6.07, 6.45) is 7.26. The van der Waals surface area contributed by atoms with Gasteiger partial charge in [-0.05, 0) is 107 Å². The molecule has 2 heterocycles. The monoisotopic (exact) mass is 597 g/mol. The van der Waals surface area contributed by atoms with Gasteiger partial charge in [-0.25, -0.2) is 4.98 Å². The van der Waals surface area contributed by atoms with E-state index in [0.717, 1.165) is 23.4 Å². The number of rotatable bonds is 7. The van der Waals surface area contributed by atoms with Crippen molar-refractivity contribution in [1.29, 1.82) is 0 Å². The number of nitrogens with zero attached hydrogens (tertiary/aromatic N) is 1. The van der Waals surface area contributed by atoms with Crippen molar-refractivity contribution in [3.8, 4) is 44.6 Å². The Labute approximate surface area is 269 Å². The van der Waals surface area contributed by atoms with E-state index < -0.39 is 0 Å². The van der Waals surface area contributed by atoms with Crippen LogP contribution in [0, 0.1) is 6.92 Å². The second kappa shape index (κ2) is 12.5.